The van der Waals surface area contributed by atoms with Crippen molar-refractivity contribution in [1.82, 2.24) is 0 Å². The van der Waals surface area contributed by atoms with Crippen LogP contribution in [0.15, 0.2) is 0 Å². The minimum absolute atomic E-state index is 0.363. The van der Waals surface area contributed by atoms with E-state index in [0.717, 1.165) is 53.3 Å². The van der Waals surface area contributed by atoms with Gasteiger partial charge in [-0.1, -0.05) is 67.2 Å². The molecular weight excluding hydrogens is 326 g/mol. The minimum Gasteiger partial charge on any atom is -0.328 e. The fraction of sp³-hybridized carbons (Fsp3) is 1.00. The molecule has 0 aromatic carbocycles. The molecule has 2 fully saturated rings. The van der Waals surface area contributed by atoms with E-state index in [1.165, 1.54) is 57.8 Å². The molecule has 0 spiro atoms. The van der Waals surface area contributed by atoms with Crippen LogP contribution >= 0.6 is 0 Å². The van der Waals surface area contributed by atoms with Gasteiger partial charge in [-0.25, -0.2) is 0 Å². The van der Waals surface area contributed by atoms with Crippen LogP contribution in [0.2, 0.25) is 0 Å². The summed E-state index contributed by atoms with van der Waals surface area (Å²) in [6.07, 6.45) is 12.7. The molecule has 9 atom stereocenters. The first-order chi connectivity index (χ1) is 12.8. The Bertz CT molecular complexity index is 414. The van der Waals surface area contributed by atoms with Gasteiger partial charge in [0.15, 0.2) is 0 Å². The average Bonchev–Trinajstić information content (AvgIpc) is 3.49. The van der Waals surface area contributed by atoms with Crippen LogP contribution in [0.4, 0.5) is 0 Å². The van der Waals surface area contributed by atoms with Crippen LogP contribution in [0.3, 0.4) is 0 Å². The summed E-state index contributed by atoms with van der Waals surface area (Å²) in [6.45, 7) is 16.7. The Balaban J connectivity index is 2.00. The van der Waals surface area contributed by atoms with Crippen LogP contribution in [-0.2, 0) is 0 Å². The second-order valence-electron chi connectivity index (χ2n) is 11.0. The Morgan fingerprint density at radius 1 is 0.815 bits per heavy atom. The Morgan fingerprint density at radius 2 is 1.44 bits per heavy atom. The van der Waals surface area contributed by atoms with Crippen molar-refractivity contribution in [2.45, 2.75) is 112 Å². The summed E-state index contributed by atoms with van der Waals surface area (Å²) in [5.41, 5.74) is 6.53. The van der Waals surface area contributed by atoms with Crippen LogP contribution in [-0.4, -0.2) is 6.04 Å². The van der Waals surface area contributed by atoms with Crippen LogP contribution in [0.25, 0.3) is 0 Å². The first kappa shape index (κ1) is 23.2. The van der Waals surface area contributed by atoms with Gasteiger partial charge in [-0.15, -0.1) is 0 Å². The molecule has 0 bridgehead atoms. The predicted octanol–water partition coefficient (Wildman–Crippen LogP) is 7.54. The summed E-state index contributed by atoms with van der Waals surface area (Å²) >= 11 is 0. The lowest BCUT2D eigenvalue weighted by Gasteiger charge is -2.31. The molecule has 27 heavy (non-hydrogen) atoms. The van der Waals surface area contributed by atoms with Crippen LogP contribution < -0.4 is 5.73 Å². The second-order valence-corrected chi connectivity index (χ2v) is 11.0. The lowest BCUT2D eigenvalue weighted by Crippen LogP contribution is -2.33. The summed E-state index contributed by atoms with van der Waals surface area (Å²) in [4.78, 5) is 0. The maximum absolute atomic E-state index is 6.53. The summed E-state index contributed by atoms with van der Waals surface area (Å²) in [5.74, 6) is 8.48. The Labute approximate surface area is 171 Å². The molecule has 0 amide bonds. The third-order valence-corrected chi connectivity index (χ3v) is 8.35. The van der Waals surface area contributed by atoms with Crippen molar-refractivity contribution in [3.8, 4) is 0 Å². The Morgan fingerprint density at radius 3 is 1.93 bits per heavy atom. The number of hydrogen-bond donors (Lipinski definition) is 1. The van der Waals surface area contributed by atoms with Gasteiger partial charge in [0, 0.05) is 6.04 Å². The van der Waals surface area contributed by atoms with Crippen molar-refractivity contribution < 1.29 is 0 Å². The summed E-state index contributed by atoms with van der Waals surface area (Å²) in [5, 5.41) is 0. The lowest BCUT2D eigenvalue weighted by atomic mass is 9.76. The molecule has 2 aliphatic rings. The maximum atomic E-state index is 6.53. The summed E-state index contributed by atoms with van der Waals surface area (Å²) in [6, 6.07) is 0.363. The zero-order valence-electron chi connectivity index (χ0n) is 19.7. The molecule has 2 saturated carbocycles. The van der Waals surface area contributed by atoms with Crippen molar-refractivity contribution in [3.05, 3.63) is 0 Å². The van der Waals surface area contributed by atoms with E-state index in [9.17, 15) is 0 Å². The molecule has 0 radical (unpaired) electrons. The average molecular weight is 378 g/mol. The number of hydrogen-bond acceptors (Lipinski definition) is 1. The van der Waals surface area contributed by atoms with Crippen molar-refractivity contribution in [1.29, 1.82) is 0 Å². The lowest BCUT2D eigenvalue weighted by molar-refractivity contribution is 0.213. The molecule has 2 rings (SSSR count). The summed E-state index contributed by atoms with van der Waals surface area (Å²) in [7, 11) is 0. The maximum Gasteiger partial charge on any atom is 0.00414 e. The van der Waals surface area contributed by atoms with Crippen molar-refractivity contribution >= 4 is 0 Å². The van der Waals surface area contributed by atoms with Crippen LogP contribution in [0, 0.1) is 53.3 Å². The van der Waals surface area contributed by atoms with E-state index in [2.05, 4.69) is 48.5 Å². The van der Waals surface area contributed by atoms with E-state index in [1.807, 2.05) is 0 Å². The minimum atomic E-state index is 0.363. The van der Waals surface area contributed by atoms with Crippen LogP contribution in [0.1, 0.15) is 106 Å². The SMILES string of the molecule is CCCC(C)CC1C(CC)C1CC(CC1CC1C(C)C)C(CCC)C(C)N. The first-order valence-corrected chi connectivity index (χ1v) is 12.6. The predicted molar refractivity (Wildman–Crippen MR) is 121 cm³/mol. The van der Waals surface area contributed by atoms with E-state index in [1.54, 1.807) is 0 Å². The molecule has 0 saturated heterocycles. The number of rotatable bonds is 14. The Kier molecular flexibility index (Phi) is 9.17. The third-order valence-electron chi connectivity index (χ3n) is 8.35. The smallest absolute Gasteiger partial charge is 0.00414 e. The zero-order chi connectivity index (χ0) is 20.1. The molecule has 160 valence electrons. The first-order valence-electron chi connectivity index (χ1n) is 12.6. The standard InChI is InChI=1S/C26H51N/c1-8-11-18(6)13-25-22(10-3)26(25)16-20(23(12-9-2)19(7)27)14-21-15-24(21)17(4)5/h17-26H,8-16,27H2,1-7H3. The van der Waals surface area contributed by atoms with Crippen molar-refractivity contribution in [2.75, 3.05) is 0 Å². The van der Waals surface area contributed by atoms with Gasteiger partial charge in [0.05, 0.1) is 0 Å². The molecule has 1 heteroatoms. The van der Waals surface area contributed by atoms with Crippen molar-refractivity contribution in [3.63, 3.8) is 0 Å². The largest absolute Gasteiger partial charge is 0.328 e. The zero-order valence-corrected chi connectivity index (χ0v) is 19.7. The van der Waals surface area contributed by atoms with Crippen molar-refractivity contribution in [2.24, 2.45) is 59.0 Å². The van der Waals surface area contributed by atoms with Gasteiger partial charge in [0.1, 0.15) is 0 Å². The van der Waals surface area contributed by atoms with Gasteiger partial charge in [-0.3, -0.25) is 0 Å². The monoisotopic (exact) mass is 377 g/mol. The highest BCUT2D eigenvalue weighted by Gasteiger charge is 2.50. The molecule has 0 aromatic heterocycles. The van der Waals surface area contributed by atoms with Gasteiger partial charge < -0.3 is 5.73 Å². The van der Waals surface area contributed by atoms with E-state index < -0.39 is 0 Å². The van der Waals surface area contributed by atoms with Gasteiger partial charge in [-0.2, -0.15) is 0 Å². The van der Waals surface area contributed by atoms with Crippen LogP contribution in [0.5, 0.6) is 0 Å². The molecule has 0 aromatic rings. The van der Waals surface area contributed by atoms with E-state index in [4.69, 9.17) is 5.73 Å². The molecule has 2 N–H and O–H groups in total. The molecule has 1 nitrogen and oxygen atoms in total. The van der Waals surface area contributed by atoms with Gasteiger partial charge in [0.25, 0.3) is 0 Å². The highest BCUT2D eigenvalue weighted by atomic mass is 14.7. The molecular formula is C26H51N. The highest BCUT2D eigenvalue weighted by Crippen LogP contribution is 2.58. The van der Waals surface area contributed by atoms with Gasteiger partial charge >= 0.3 is 0 Å². The molecule has 2 aliphatic carbocycles. The fourth-order valence-corrected chi connectivity index (χ4v) is 6.71. The highest BCUT2D eigenvalue weighted by molar-refractivity contribution is 5.00. The molecule has 9 unspecified atom stereocenters. The topological polar surface area (TPSA) is 26.0 Å². The normalized spacial score (nSPS) is 34.3. The quantitative estimate of drug-likeness (QED) is 0.332. The van der Waals surface area contributed by atoms with E-state index in [-0.39, 0.29) is 0 Å². The summed E-state index contributed by atoms with van der Waals surface area (Å²) < 4.78 is 0. The third kappa shape index (κ3) is 6.48. The molecule has 0 aliphatic heterocycles. The van der Waals surface area contributed by atoms with E-state index in [0.29, 0.717) is 6.04 Å². The fourth-order valence-electron chi connectivity index (χ4n) is 6.71. The number of nitrogens with two attached hydrogens (primary N) is 1. The second kappa shape index (κ2) is 10.7. The van der Waals surface area contributed by atoms with Gasteiger partial charge in [-0.05, 0) is 92.3 Å². The Hall–Kier alpha value is -0.0400. The van der Waals surface area contributed by atoms with E-state index >= 15 is 0 Å². The van der Waals surface area contributed by atoms with Gasteiger partial charge in [0.2, 0.25) is 0 Å². The molecule has 0 heterocycles.